The second-order valence-corrected chi connectivity index (χ2v) is 7.71. The molecule has 0 radical (unpaired) electrons. The van der Waals surface area contributed by atoms with Crippen LogP contribution in [-0.2, 0) is 11.2 Å². The predicted octanol–water partition coefficient (Wildman–Crippen LogP) is 3.01. The van der Waals surface area contributed by atoms with Gasteiger partial charge in [-0.25, -0.2) is 0 Å². The number of likely N-dealkylation sites (tertiary alicyclic amines) is 1. The number of methoxy groups -OCH3 is 1. The fourth-order valence-corrected chi connectivity index (χ4v) is 3.91. The molecule has 1 saturated heterocycles. The van der Waals surface area contributed by atoms with Crippen molar-refractivity contribution in [2.75, 3.05) is 20.2 Å². The minimum Gasteiger partial charge on any atom is -0.497 e. The molecular formula is C24H24N4O3. The Morgan fingerprint density at radius 3 is 2.58 bits per heavy atom. The molecule has 7 heteroatoms. The molecule has 1 fully saturated rings. The largest absolute Gasteiger partial charge is 0.497 e. The van der Waals surface area contributed by atoms with Crippen LogP contribution >= 0.6 is 0 Å². The van der Waals surface area contributed by atoms with Gasteiger partial charge in [-0.2, -0.15) is 5.26 Å². The second kappa shape index (κ2) is 8.92. The summed E-state index contributed by atoms with van der Waals surface area (Å²) in [6.45, 7) is 1.43. The van der Waals surface area contributed by atoms with Crippen molar-refractivity contribution < 1.29 is 14.3 Å². The lowest BCUT2D eigenvalue weighted by Gasteiger charge is -2.24. The summed E-state index contributed by atoms with van der Waals surface area (Å²) in [6, 6.07) is 15.8. The molecule has 0 bridgehead atoms. The van der Waals surface area contributed by atoms with Gasteiger partial charge in [0.15, 0.2) is 0 Å². The van der Waals surface area contributed by atoms with Crippen LogP contribution in [0.25, 0.3) is 10.9 Å². The number of nitriles is 1. The summed E-state index contributed by atoms with van der Waals surface area (Å²) < 4.78 is 5.24. The van der Waals surface area contributed by atoms with Crippen molar-refractivity contribution in [3.63, 3.8) is 0 Å². The fraction of sp³-hybridized carbons (Fsp3) is 0.292. The van der Waals surface area contributed by atoms with Gasteiger partial charge in [0.05, 0.1) is 18.7 Å². The highest BCUT2D eigenvalue weighted by Crippen LogP contribution is 2.22. The van der Waals surface area contributed by atoms with Crippen molar-refractivity contribution in [2.24, 2.45) is 0 Å². The minimum atomic E-state index is -0.681. The number of hydrogen-bond donors (Lipinski definition) is 2. The predicted molar refractivity (Wildman–Crippen MR) is 117 cm³/mol. The Kier molecular flexibility index (Phi) is 5.89. The lowest BCUT2D eigenvalue weighted by Crippen LogP contribution is -2.49. The van der Waals surface area contributed by atoms with Gasteiger partial charge in [-0.05, 0) is 54.8 Å². The van der Waals surface area contributed by atoms with Crippen molar-refractivity contribution in [1.82, 2.24) is 15.2 Å². The van der Waals surface area contributed by atoms with Gasteiger partial charge in [0.1, 0.15) is 17.5 Å². The van der Waals surface area contributed by atoms with Crippen LogP contribution in [0.5, 0.6) is 5.75 Å². The van der Waals surface area contributed by atoms with E-state index >= 15 is 0 Å². The van der Waals surface area contributed by atoms with Crippen molar-refractivity contribution in [1.29, 1.82) is 5.26 Å². The van der Waals surface area contributed by atoms with Crippen LogP contribution < -0.4 is 10.1 Å². The molecule has 2 N–H and O–H groups in total. The molecule has 0 spiro atoms. The number of nitrogens with one attached hydrogen (secondary N) is 2. The average molecular weight is 416 g/mol. The van der Waals surface area contributed by atoms with Crippen LogP contribution in [0.15, 0.2) is 48.5 Å². The fourth-order valence-electron chi connectivity index (χ4n) is 3.91. The van der Waals surface area contributed by atoms with Crippen molar-refractivity contribution in [3.05, 3.63) is 65.4 Å². The highest BCUT2D eigenvalue weighted by Gasteiger charge is 2.28. The minimum absolute atomic E-state index is 0.0759. The first-order valence-electron chi connectivity index (χ1n) is 10.3. The number of carbonyl (C=O) groups excluding carboxylic acids is 2. The van der Waals surface area contributed by atoms with Crippen LogP contribution in [0.2, 0.25) is 0 Å². The number of amides is 2. The summed E-state index contributed by atoms with van der Waals surface area (Å²) in [7, 11) is 1.60. The van der Waals surface area contributed by atoms with E-state index in [4.69, 9.17) is 10.00 Å². The lowest BCUT2D eigenvalue weighted by atomic mass is 10.0. The van der Waals surface area contributed by atoms with Crippen LogP contribution in [0, 0.1) is 11.3 Å². The monoisotopic (exact) mass is 416 g/mol. The van der Waals surface area contributed by atoms with Gasteiger partial charge < -0.3 is 19.9 Å². The third-order valence-electron chi connectivity index (χ3n) is 5.62. The summed E-state index contributed by atoms with van der Waals surface area (Å²) in [5.41, 5.74) is 2.66. The highest BCUT2D eigenvalue weighted by molar-refractivity contribution is 6.00. The number of H-pyrrole nitrogens is 1. The highest BCUT2D eigenvalue weighted by atomic mass is 16.5. The number of rotatable bonds is 6. The molecular weight excluding hydrogens is 392 g/mol. The molecule has 1 aliphatic heterocycles. The topological polar surface area (TPSA) is 98.2 Å². The van der Waals surface area contributed by atoms with Crippen LogP contribution in [0.3, 0.4) is 0 Å². The quantitative estimate of drug-likeness (QED) is 0.645. The number of ether oxygens (including phenoxy) is 1. The maximum atomic E-state index is 13.1. The maximum absolute atomic E-state index is 13.1. The molecule has 1 aromatic heterocycles. The third-order valence-corrected chi connectivity index (χ3v) is 5.62. The molecule has 1 unspecified atom stereocenters. The molecule has 2 aromatic carbocycles. The van der Waals surface area contributed by atoms with E-state index in [-0.39, 0.29) is 11.8 Å². The zero-order valence-electron chi connectivity index (χ0n) is 17.4. The number of hydrogen-bond acceptors (Lipinski definition) is 4. The Balaban J connectivity index is 1.56. The molecule has 0 saturated carbocycles. The summed E-state index contributed by atoms with van der Waals surface area (Å²) in [6.07, 6.45) is 2.32. The summed E-state index contributed by atoms with van der Waals surface area (Å²) >= 11 is 0. The second-order valence-electron chi connectivity index (χ2n) is 7.71. The molecule has 158 valence electrons. The van der Waals surface area contributed by atoms with E-state index in [2.05, 4.69) is 16.4 Å². The first-order valence-corrected chi connectivity index (χ1v) is 10.3. The van der Waals surface area contributed by atoms with E-state index in [0.29, 0.717) is 36.5 Å². The maximum Gasteiger partial charge on any atom is 0.268 e. The standard InChI is InChI=1S/C24H24N4O3/c1-31-19-8-9-20-18(13-19)14-21(26-20)23(29)27-22(24(30)28-10-2-3-11-28)12-16-4-6-17(15-25)7-5-16/h4-9,13-14,22,26H,2-3,10-12H2,1H3,(H,27,29). The SMILES string of the molecule is COc1ccc2[nH]c(C(=O)NC(Cc3ccc(C#N)cc3)C(=O)N3CCCC3)cc2c1. The van der Waals surface area contributed by atoms with Gasteiger partial charge in [0.25, 0.3) is 5.91 Å². The van der Waals surface area contributed by atoms with Crippen molar-refractivity contribution in [2.45, 2.75) is 25.3 Å². The van der Waals surface area contributed by atoms with Crippen LogP contribution in [0.4, 0.5) is 0 Å². The van der Waals surface area contributed by atoms with Gasteiger partial charge >= 0.3 is 0 Å². The lowest BCUT2D eigenvalue weighted by molar-refractivity contribution is -0.132. The molecule has 1 aliphatic rings. The van der Waals surface area contributed by atoms with Gasteiger partial charge in [-0.1, -0.05) is 12.1 Å². The Labute approximate surface area is 180 Å². The summed E-state index contributed by atoms with van der Waals surface area (Å²) in [4.78, 5) is 31.1. The van der Waals surface area contributed by atoms with E-state index in [1.165, 1.54) is 0 Å². The molecule has 7 nitrogen and oxygen atoms in total. The number of benzene rings is 2. The number of aromatic nitrogens is 1. The number of carbonyl (C=O) groups is 2. The number of nitrogens with zero attached hydrogens (tertiary/aromatic N) is 2. The Morgan fingerprint density at radius 2 is 1.90 bits per heavy atom. The molecule has 2 heterocycles. The van der Waals surface area contributed by atoms with Crippen molar-refractivity contribution >= 4 is 22.7 Å². The van der Waals surface area contributed by atoms with Gasteiger partial charge in [-0.15, -0.1) is 0 Å². The Bertz CT molecular complexity index is 1140. The third kappa shape index (κ3) is 4.53. The number of fused-ring (bicyclic) bond motifs is 1. The van der Waals surface area contributed by atoms with Crippen LogP contribution in [0.1, 0.15) is 34.5 Å². The normalized spacial score (nSPS) is 14.3. The zero-order chi connectivity index (χ0) is 21.8. The first-order chi connectivity index (χ1) is 15.1. The van der Waals surface area contributed by atoms with E-state index in [1.54, 1.807) is 25.3 Å². The zero-order valence-corrected chi connectivity index (χ0v) is 17.4. The summed E-state index contributed by atoms with van der Waals surface area (Å²) in [5, 5.41) is 12.8. The van der Waals surface area contributed by atoms with Gasteiger partial charge in [0, 0.05) is 30.4 Å². The van der Waals surface area contributed by atoms with Crippen molar-refractivity contribution in [3.8, 4) is 11.8 Å². The smallest absolute Gasteiger partial charge is 0.268 e. The van der Waals surface area contributed by atoms with E-state index in [0.717, 1.165) is 29.3 Å². The Morgan fingerprint density at radius 1 is 1.16 bits per heavy atom. The first kappa shape index (κ1) is 20.5. The van der Waals surface area contributed by atoms with Crippen LogP contribution in [-0.4, -0.2) is 47.9 Å². The van der Waals surface area contributed by atoms with Gasteiger partial charge in [-0.3, -0.25) is 9.59 Å². The average Bonchev–Trinajstić information content (AvgIpc) is 3.48. The summed E-state index contributed by atoms with van der Waals surface area (Å²) in [5.74, 6) is 0.302. The molecule has 1 atom stereocenters. The molecule has 3 aromatic rings. The van der Waals surface area contributed by atoms with E-state index < -0.39 is 6.04 Å². The van der Waals surface area contributed by atoms with Gasteiger partial charge in [0.2, 0.25) is 5.91 Å². The molecule has 2 amide bonds. The Hall–Kier alpha value is -3.79. The van der Waals surface area contributed by atoms with E-state index in [9.17, 15) is 9.59 Å². The molecule has 0 aliphatic carbocycles. The van der Waals surface area contributed by atoms with E-state index in [1.807, 2.05) is 35.2 Å². The molecule has 31 heavy (non-hydrogen) atoms. The molecule has 4 rings (SSSR count). The number of aromatic amines is 1.